The molecule has 1 saturated heterocycles. The van der Waals surface area contributed by atoms with Gasteiger partial charge in [-0.15, -0.1) is 0 Å². The van der Waals surface area contributed by atoms with E-state index in [1.165, 1.54) is 12.1 Å². The summed E-state index contributed by atoms with van der Waals surface area (Å²) in [5.74, 6) is -0.181. The third-order valence-corrected chi connectivity index (χ3v) is 4.05. The Morgan fingerprint density at radius 1 is 1.60 bits per heavy atom. The first-order chi connectivity index (χ1) is 9.51. The molecule has 0 bridgehead atoms. The van der Waals surface area contributed by atoms with Crippen LogP contribution < -0.4 is 10.5 Å². The fourth-order valence-electron chi connectivity index (χ4n) is 2.48. The maximum absolute atomic E-state index is 13.6. The minimum Gasteiger partial charge on any atom is -0.481 e. The summed E-state index contributed by atoms with van der Waals surface area (Å²) in [6, 6.07) is 4.64. The summed E-state index contributed by atoms with van der Waals surface area (Å²) in [6.07, 6.45) is 0.912. The third kappa shape index (κ3) is 3.49. The molecule has 0 radical (unpaired) electrons. The molecular formula is C14H18BrFN2O2. The summed E-state index contributed by atoms with van der Waals surface area (Å²) in [7, 11) is 0. The summed E-state index contributed by atoms with van der Waals surface area (Å²) in [4.78, 5) is 13.9. The van der Waals surface area contributed by atoms with E-state index in [-0.39, 0.29) is 24.3 Å². The van der Waals surface area contributed by atoms with E-state index in [1.54, 1.807) is 11.0 Å². The van der Waals surface area contributed by atoms with Gasteiger partial charge in [-0.05, 0) is 44.0 Å². The molecule has 6 heteroatoms. The van der Waals surface area contributed by atoms with Crippen LogP contribution in [0.4, 0.5) is 4.39 Å². The number of ether oxygens (including phenoxy) is 1. The van der Waals surface area contributed by atoms with Crippen molar-refractivity contribution in [3.8, 4) is 5.75 Å². The summed E-state index contributed by atoms with van der Waals surface area (Å²) in [5, 5.41) is 0. The fourth-order valence-corrected chi connectivity index (χ4v) is 2.81. The molecule has 4 nitrogen and oxygen atoms in total. The summed E-state index contributed by atoms with van der Waals surface area (Å²) >= 11 is 3.17. The maximum atomic E-state index is 13.6. The second-order valence-corrected chi connectivity index (χ2v) is 6.01. The van der Waals surface area contributed by atoms with Gasteiger partial charge in [0.15, 0.2) is 18.2 Å². The molecule has 1 aliphatic rings. The molecule has 2 atom stereocenters. The average molecular weight is 345 g/mol. The first-order valence-corrected chi connectivity index (χ1v) is 7.38. The lowest BCUT2D eigenvalue weighted by Gasteiger charge is -2.21. The van der Waals surface area contributed by atoms with Crippen LogP contribution in [0, 0.1) is 11.7 Å². The van der Waals surface area contributed by atoms with Crippen LogP contribution in [0.2, 0.25) is 0 Å². The van der Waals surface area contributed by atoms with Crippen LogP contribution in [0.15, 0.2) is 22.7 Å². The van der Waals surface area contributed by atoms with Crippen LogP contribution in [-0.4, -0.2) is 36.5 Å². The molecular weight excluding hydrogens is 327 g/mol. The Hall–Kier alpha value is -1.14. The quantitative estimate of drug-likeness (QED) is 0.910. The second-order valence-electron chi connectivity index (χ2n) is 5.10. The Labute approximate surface area is 126 Å². The molecule has 0 saturated carbocycles. The van der Waals surface area contributed by atoms with Crippen LogP contribution in [0.3, 0.4) is 0 Å². The van der Waals surface area contributed by atoms with Crippen LogP contribution >= 0.6 is 15.9 Å². The van der Waals surface area contributed by atoms with Gasteiger partial charge in [-0.3, -0.25) is 4.79 Å². The predicted octanol–water partition coefficient (Wildman–Crippen LogP) is 2.16. The Morgan fingerprint density at radius 3 is 2.95 bits per heavy atom. The number of rotatable bonds is 4. The standard InChI is InChI=1S/C14H18BrFN2O2/c1-9-4-10(6-17)7-18(9)14(19)8-20-13-3-2-11(15)5-12(13)16/h2-3,5,9-10H,4,6-8,17H2,1H3. The van der Waals surface area contributed by atoms with Crippen molar-refractivity contribution in [1.82, 2.24) is 4.90 Å². The molecule has 1 heterocycles. The number of nitrogens with zero attached hydrogens (tertiary/aromatic N) is 1. The largest absolute Gasteiger partial charge is 0.481 e. The van der Waals surface area contributed by atoms with E-state index in [1.807, 2.05) is 6.92 Å². The lowest BCUT2D eigenvalue weighted by atomic mass is 10.1. The molecule has 1 aromatic rings. The lowest BCUT2D eigenvalue weighted by molar-refractivity contribution is -0.134. The molecule has 2 rings (SSSR count). The Morgan fingerprint density at radius 2 is 2.35 bits per heavy atom. The van der Waals surface area contributed by atoms with E-state index in [0.29, 0.717) is 23.5 Å². The number of carbonyl (C=O) groups is 1. The number of nitrogens with two attached hydrogens (primary N) is 1. The molecule has 0 aliphatic carbocycles. The topological polar surface area (TPSA) is 55.6 Å². The summed E-state index contributed by atoms with van der Waals surface area (Å²) in [5.41, 5.74) is 5.63. The minimum atomic E-state index is -0.485. The van der Waals surface area contributed by atoms with Crippen molar-refractivity contribution in [2.45, 2.75) is 19.4 Å². The van der Waals surface area contributed by atoms with Crippen LogP contribution in [0.5, 0.6) is 5.75 Å². The van der Waals surface area contributed by atoms with Crippen molar-refractivity contribution in [1.29, 1.82) is 0 Å². The van der Waals surface area contributed by atoms with Crippen molar-refractivity contribution in [3.05, 3.63) is 28.5 Å². The summed E-state index contributed by atoms with van der Waals surface area (Å²) in [6.45, 7) is 3.08. The normalized spacial score (nSPS) is 22.1. The van der Waals surface area contributed by atoms with Gasteiger partial charge in [0.05, 0.1) is 0 Å². The number of benzene rings is 1. The molecule has 0 spiro atoms. The Kier molecular flexibility index (Phi) is 4.99. The van der Waals surface area contributed by atoms with Crippen molar-refractivity contribution < 1.29 is 13.9 Å². The van der Waals surface area contributed by atoms with Crippen molar-refractivity contribution in [2.24, 2.45) is 11.7 Å². The van der Waals surface area contributed by atoms with Gasteiger partial charge >= 0.3 is 0 Å². The van der Waals surface area contributed by atoms with Gasteiger partial charge in [-0.25, -0.2) is 4.39 Å². The smallest absolute Gasteiger partial charge is 0.260 e. The zero-order valence-corrected chi connectivity index (χ0v) is 12.9. The monoisotopic (exact) mass is 344 g/mol. The van der Waals surface area contributed by atoms with Gasteiger partial charge < -0.3 is 15.4 Å². The zero-order valence-electron chi connectivity index (χ0n) is 11.3. The van der Waals surface area contributed by atoms with Gasteiger partial charge in [-0.1, -0.05) is 15.9 Å². The number of amides is 1. The molecule has 1 amide bonds. The molecule has 1 aliphatic heterocycles. The van der Waals surface area contributed by atoms with Gasteiger partial charge in [-0.2, -0.15) is 0 Å². The van der Waals surface area contributed by atoms with Gasteiger partial charge in [0.2, 0.25) is 0 Å². The van der Waals surface area contributed by atoms with Crippen molar-refractivity contribution in [2.75, 3.05) is 19.7 Å². The van der Waals surface area contributed by atoms with E-state index in [0.717, 1.165) is 6.42 Å². The van der Waals surface area contributed by atoms with E-state index in [9.17, 15) is 9.18 Å². The molecule has 1 fully saturated rings. The molecule has 1 aromatic carbocycles. The minimum absolute atomic E-state index is 0.0868. The van der Waals surface area contributed by atoms with Crippen LogP contribution in [0.25, 0.3) is 0 Å². The highest BCUT2D eigenvalue weighted by atomic mass is 79.9. The van der Waals surface area contributed by atoms with Crippen molar-refractivity contribution >= 4 is 21.8 Å². The van der Waals surface area contributed by atoms with E-state index in [4.69, 9.17) is 10.5 Å². The van der Waals surface area contributed by atoms with Crippen LogP contribution in [-0.2, 0) is 4.79 Å². The Balaban J connectivity index is 1.92. The Bertz CT molecular complexity index is 498. The summed E-state index contributed by atoms with van der Waals surface area (Å²) < 4.78 is 19.5. The SMILES string of the molecule is CC1CC(CN)CN1C(=O)COc1ccc(Br)cc1F. The molecule has 2 unspecified atom stereocenters. The molecule has 2 N–H and O–H groups in total. The number of carbonyl (C=O) groups excluding carboxylic acids is 1. The average Bonchev–Trinajstić information content (AvgIpc) is 2.79. The van der Waals surface area contributed by atoms with Crippen molar-refractivity contribution in [3.63, 3.8) is 0 Å². The number of hydrogen-bond donors (Lipinski definition) is 1. The zero-order chi connectivity index (χ0) is 14.7. The predicted molar refractivity (Wildman–Crippen MR) is 77.9 cm³/mol. The molecule has 0 aromatic heterocycles. The first-order valence-electron chi connectivity index (χ1n) is 6.58. The van der Waals surface area contributed by atoms with Gasteiger partial charge in [0.1, 0.15) is 0 Å². The van der Waals surface area contributed by atoms with Gasteiger partial charge in [0, 0.05) is 17.1 Å². The van der Waals surface area contributed by atoms with E-state index < -0.39 is 5.82 Å². The van der Waals surface area contributed by atoms with Gasteiger partial charge in [0.25, 0.3) is 5.91 Å². The number of halogens is 2. The van der Waals surface area contributed by atoms with E-state index >= 15 is 0 Å². The highest BCUT2D eigenvalue weighted by Crippen LogP contribution is 2.24. The van der Waals surface area contributed by atoms with E-state index in [2.05, 4.69) is 15.9 Å². The third-order valence-electron chi connectivity index (χ3n) is 3.56. The molecule has 20 heavy (non-hydrogen) atoms. The number of likely N-dealkylation sites (tertiary alicyclic amines) is 1. The highest BCUT2D eigenvalue weighted by Gasteiger charge is 2.31. The second kappa shape index (κ2) is 6.54. The lowest BCUT2D eigenvalue weighted by Crippen LogP contribution is -2.37. The van der Waals surface area contributed by atoms with Crippen LogP contribution in [0.1, 0.15) is 13.3 Å². The maximum Gasteiger partial charge on any atom is 0.260 e. The number of hydrogen-bond acceptors (Lipinski definition) is 3. The molecule has 110 valence electrons. The highest BCUT2D eigenvalue weighted by molar-refractivity contribution is 9.10. The first kappa shape index (κ1) is 15.3. The fraction of sp³-hybridized carbons (Fsp3) is 0.500.